The van der Waals surface area contributed by atoms with E-state index in [-0.39, 0.29) is 12.0 Å². The molecular formula is C16H16ClNO2. The highest BCUT2D eigenvalue weighted by Gasteiger charge is 2.13. The Hall–Kier alpha value is -2.00. The van der Waals surface area contributed by atoms with Gasteiger partial charge in [-0.1, -0.05) is 35.9 Å². The van der Waals surface area contributed by atoms with Gasteiger partial charge in [-0.2, -0.15) is 0 Å². The lowest BCUT2D eigenvalue weighted by Crippen LogP contribution is -2.11. The molecule has 0 aliphatic rings. The number of carbonyl (C=O) groups is 1. The van der Waals surface area contributed by atoms with Gasteiger partial charge in [-0.25, -0.2) is 4.79 Å². The first-order valence-corrected chi connectivity index (χ1v) is 6.69. The van der Waals surface area contributed by atoms with Crippen LogP contribution in [-0.2, 0) is 4.74 Å². The van der Waals surface area contributed by atoms with E-state index in [9.17, 15) is 4.79 Å². The number of esters is 1. The van der Waals surface area contributed by atoms with Gasteiger partial charge in [0.05, 0.1) is 12.7 Å². The molecule has 1 unspecified atom stereocenters. The van der Waals surface area contributed by atoms with Gasteiger partial charge in [0.2, 0.25) is 0 Å². The number of anilines is 1. The molecule has 2 aromatic rings. The van der Waals surface area contributed by atoms with Crippen molar-refractivity contribution in [3.63, 3.8) is 0 Å². The molecule has 104 valence electrons. The minimum Gasteiger partial charge on any atom is -0.465 e. The van der Waals surface area contributed by atoms with E-state index < -0.39 is 0 Å². The van der Waals surface area contributed by atoms with Crippen molar-refractivity contribution in [3.05, 3.63) is 64.7 Å². The van der Waals surface area contributed by atoms with Gasteiger partial charge in [0.1, 0.15) is 0 Å². The standard InChI is InChI=1S/C16H16ClNO2/c1-11(12-6-5-7-13(17)10-12)18-15-9-4-3-8-14(15)16(19)20-2/h3-11,18H,1-2H3. The molecule has 0 heterocycles. The molecule has 0 aromatic heterocycles. The molecule has 4 heteroatoms. The Labute approximate surface area is 123 Å². The molecule has 0 fully saturated rings. The van der Waals surface area contributed by atoms with E-state index in [2.05, 4.69) is 5.32 Å². The third kappa shape index (κ3) is 3.31. The number of nitrogens with one attached hydrogen (secondary N) is 1. The number of ether oxygens (including phenoxy) is 1. The van der Waals surface area contributed by atoms with Gasteiger partial charge < -0.3 is 10.1 Å². The molecule has 1 N–H and O–H groups in total. The van der Waals surface area contributed by atoms with Crippen LogP contribution in [0.15, 0.2) is 48.5 Å². The Kier molecular flexibility index (Phi) is 4.64. The summed E-state index contributed by atoms with van der Waals surface area (Å²) in [5.74, 6) is -0.355. The molecule has 1 atom stereocenters. The fourth-order valence-electron chi connectivity index (χ4n) is 1.99. The lowest BCUT2D eigenvalue weighted by Gasteiger charge is -2.18. The second-order valence-corrected chi connectivity index (χ2v) is 4.89. The molecule has 3 nitrogen and oxygen atoms in total. The molecule has 0 saturated heterocycles. The fourth-order valence-corrected chi connectivity index (χ4v) is 2.19. The summed E-state index contributed by atoms with van der Waals surface area (Å²) in [4.78, 5) is 11.7. The van der Waals surface area contributed by atoms with Crippen LogP contribution in [0.5, 0.6) is 0 Å². The van der Waals surface area contributed by atoms with Gasteiger partial charge in [-0.15, -0.1) is 0 Å². The predicted molar refractivity (Wildman–Crippen MR) is 81.3 cm³/mol. The average molecular weight is 290 g/mol. The molecule has 0 saturated carbocycles. The van der Waals surface area contributed by atoms with Crippen molar-refractivity contribution in [1.29, 1.82) is 0 Å². The van der Waals surface area contributed by atoms with E-state index in [1.165, 1.54) is 7.11 Å². The summed E-state index contributed by atoms with van der Waals surface area (Å²) in [6.45, 7) is 2.01. The number of methoxy groups -OCH3 is 1. The highest BCUT2D eigenvalue weighted by molar-refractivity contribution is 6.30. The van der Waals surface area contributed by atoms with Crippen molar-refractivity contribution in [2.45, 2.75) is 13.0 Å². The average Bonchev–Trinajstić information content (AvgIpc) is 2.47. The number of rotatable bonds is 4. The first-order chi connectivity index (χ1) is 9.61. The predicted octanol–water partition coefficient (Wildman–Crippen LogP) is 4.30. The second kappa shape index (κ2) is 6.44. The summed E-state index contributed by atoms with van der Waals surface area (Å²) < 4.78 is 4.78. The number of para-hydroxylation sites is 1. The Morgan fingerprint density at radius 2 is 1.95 bits per heavy atom. The largest absolute Gasteiger partial charge is 0.465 e. The molecule has 2 rings (SSSR count). The van der Waals surface area contributed by atoms with Crippen molar-refractivity contribution in [1.82, 2.24) is 0 Å². The Bertz CT molecular complexity index is 613. The number of hydrogen-bond donors (Lipinski definition) is 1. The van der Waals surface area contributed by atoms with Crippen molar-refractivity contribution in [3.8, 4) is 0 Å². The molecule has 0 bridgehead atoms. The molecule has 0 amide bonds. The maximum atomic E-state index is 11.7. The summed E-state index contributed by atoms with van der Waals surface area (Å²) >= 11 is 5.99. The highest BCUT2D eigenvalue weighted by Crippen LogP contribution is 2.24. The Morgan fingerprint density at radius 1 is 1.20 bits per heavy atom. The molecule has 2 aromatic carbocycles. The number of carbonyl (C=O) groups excluding carboxylic acids is 1. The van der Waals surface area contributed by atoms with E-state index in [0.717, 1.165) is 11.3 Å². The number of halogens is 1. The van der Waals surface area contributed by atoms with Crippen molar-refractivity contribution in [2.24, 2.45) is 0 Å². The summed E-state index contributed by atoms with van der Waals surface area (Å²) in [6, 6.07) is 14.9. The van der Waals surface area contributed by atoms with Crippen LogP contribution in [0.2, 0.25) is 5.02 Å². The third-order valence-corrected chi connectivity index (χ3v) is 3.29. The lowest BCUT2D eigenvalue weighted by atomic mass is 10.1. The van der Waals surface area contributed by atoms with Gasteiger partial charge >= 0.3 is 5.97 Å². The van der Waals surface area contributed by atoms with E-state index in [1.807, 2.05) is 49.4 Å². The van der Waals surface area contributed by atoms with Crippen LogP contribution in [0.4, 0.5) is 5.69 Å². The van der Waals surface area contributed by atoms with Gasteiger partial charge in [-0.05, 0) is 36.8 Å². The molecule has 0 spiro atoms. The number of benzene rings is 2. The fraction of sp³-hybridized carbons (Fsp3) is 0.188. The van der Waals surface area contributed by atoms with Crippen LogP contribution in [0.25, 0.3) is 0 Å². The third-order valence-electron chi connectivity index (χ3n) is 3.05. The zero-order chi connectivity index (χ0) is 14.5. The zero-order valence-corrected chi connectivity index (χ0v) is 12.1. The Balaban J connectivity index is 2.24. The van der Waals surface area contributed by atoms with E-state index in [4.69, 9.17) is 16.3 Å². The van der Waals surface area contributed by atoms with Crippen LogP contribution in [-0.4, -0.2) is 13.1 Å². The van der Waals surface area contributed by atoms with Crippen molar-refractivity contribution >= 4 is 23.3 Å². The first kappa shape index (κ1) is 14.4. The summed E-state index contributed by atoms with van der Waals surface area (Å²) in [5.41, 5.74) is 2.31. The van der Waals surface area contributed by atoms with Crippen molar-refractivity contribution in [2.75, 3.05) is 12.4 Å². The van der Waals surface area contributed by atoms with E-state index in [0.29, 0.717) is 10.6 Å². The van der Waals surface area contributed by atoms with Crippen LogP contribution in [0.3, 0.4) is 0 Å². The van der Waals surface area contributed by atoms with Crippen LogP contribution in [0.1, 0.15) is 28.9 Å². The molecule has 0 aliphatic carbocycles. The SMILES string of the molecule is COC(=O)c1ccccc1NC(C)c1cccc(Cl)c1. The number of hydrogen-bond acceptors (Lipinski definition) is 3. The van der Waals surface area contributed by atoms with Crippen LogP contribution >= 0.6 is 11.6 Å². The van der Waals surface area contributed by atoms with E-state index >= 15 is 0 Å². The van der Waals surface area contributed by atoms with E-state index in [1.54, 1.807) is 6.07 Å². The molecule has 0 radical (unpaired) electrons. The van der Waals surface area contributed by atoms with Gasteiger partial charge in [0.25, 0.3) is 0 Å². The molecule has 0 aliphatic heterocycles. The van der Waals surface area contributed by atoms with Crippen LogP contribution in [0, 0.1) is 0 Å². The summed E-state index contributed by atoms with van der Waals surface area (Å²) in [7, 11) is 1.37. The van der Waals surface area contributed by atoms with Gasteiger partial charge in [0.15, 0.2) is 0 Å². The maximum absolute atomic E-state index is 11.7. The summed E-state index contributed by atoms with van der Waals surface area (Å²) in [5, 5.41) is 4.00. The maximum Gasteiger partial charge on any atom is 0.339 e. The Morgan fingerprint density at radius 3 is 2.65 bits per heavy atom. The molecule has 20 heavy (non-hydrogen) atoms. The monoisotopic (exact) mass is 289 g/mol. The topological polar surface area (TPSA) is 38.3 Å². The first-order valence-electron chi connectivity index (χ1n) is 6.31. The lowest BCUT2D eigenvalue weighted by molar-refractivity contribution is 0.0602. The second-order valence-electron chi connectivity index (χ2n) is 4.46. The zero-order valence-electron chi connectivity index (χ0n) is 11.4. The van der Waals surface area contributed by atoms with Crippen molar-refractivity contribution < 1.29 is 9.53 Å². The van der Waals surface area contributed by atoms with Gasteiger partial charge in [0, 0.05) is 16.8 Å². The minimum atomic E-state index is -0.355. The minimum absolute atomic E-state index is 0.0273. The summed E-state index contributed by atoms with van der Waals surface area (Å²) in [6.07, 6.45) is 0. The quantitative estimate of drug-likeness (QED) is 0.853. The van der Waals surface area contributed by atoms with Crippen LogP contribution < -0.4 is 5.32 Å². The molecular weight excluding hydrogens is 274 g/mol. The van der Waals surface area contributed by atoms with Gasteiger partial charge in [-0.3, -0.25) is 0 Å². The normalized spacial score (nSPS) is 11.8. The highest BCUT2D eigenvalue weighted by atomic mass is 35.5. The smallest absolute Gasteiger partial charge is 0.339 e.